The highest BCUT2D eigenvalue weighted by Crippen LogP contribution is 2.29. The Bertz CT molecular complexity index is 831. The average Bonchev–Trinajstić information content (AvgIpc) is 2.93. The van der Waals surface area contributed by atoms with Gasteiger partial charge in [-0.1, -0.05) is 6.07 Å². The van der Waals surface area contributed by atoms with Crippen LogP contribution in [0.2, 0.25) is 0 Å². The lowest BCUT2D eigenvalue weighted by Gasteiger charge is -2.08. The summed E-state index contributed by atoms with van der Waals surface area (Å²) in [5.74, 6) is 1.74. The number of hydrogen-bond acceptors (Lipinski definition) is 3. The fourth-order valence-electron chi connectivity index (χ4n) is 2.35. The molecule has 0 amide bonds. The summed E-state index contributed by atoms with van der Waals surface area (Å²) >= 11 is 6.03. The van der Waals surface area contributed by atoms with E-state index >= 15 is 0 Å². The number of aromatic nitrogens is 2. The molecule has 0 spiro atoms. The number of nitrogens with zero attached hydrogens (tertiary/aromatic N) is 3. The molecule has 0 aliphatic heterocycles. The molecular weight excluding hydrogens is 286 g/mol. The SMILES string of the molecule is COc1cccc2c1nc(CCl)n2-c1ccc(C#N)cc1. The monoisotopic (exact) mass is 297 g/mol. The van der Waals surface area contributed by atoms with Gasteiger partial charge in [-0.05, 0) is 36.4 Å². The third-order valence-electron chi connectivity index (χ3n) is 3.31. The van der Waals surface area contributed by atoms with Crippen LogP contribution < -0.4 is 4.74 Å². The minimum absolute atomic E-state index is 0.290. The van der Waals surface area contributed by atoms with E-state index in [4.69, 9.17) is 21.6 Å². The molecule has 0 aliphatic carbocycles. The fourth-order valence-corrected chi connectivity index (χ4v) is 2.53. The second kappa shape index (κ2) is 5.47. The van der Waals surface area contributed by atoms with Gasteiger partial charge in [-0.3, -0.25) is 4.57 Å². The maximum absolute atomic E-state index is 8.89. The minimum atomic E-state index is 0.290. The predicted molar refractivity (Wildman–Crippen MR) is 81.9 cm³/mol. The number of fused-ring (bicyclic) bond motifs is 1. The smallest absolute Gasteiger partial charge is 0.146 e. The Balaban J connectivity index is 2.27. The van der Waals surface area contributed by atoms with Crippen LogP contribution in [-0.2, 0) is 5.88 Å². The van der Waals surface area contributed by atoms with Crippen molar-refractivity contribution in [2.45, 2.75) is 5.88 Å². The molecule has 0 atom stereocenters. The van der Waals surface area contributed by atoms with Gasteiger partial charge < -0.3 is 4.74 Å². The summed E-state index contributed by atoms with van der Waals surface area (Å²) in [4.78, 5) is 4.56. The Kier molecular flexibility index (Phi) is 3.51. The molecule has 5 heteroatoms. The molecule has 0 saturated heterocycles. The molecule has 0 radical (unpaired) electrons. The number of hydrogen-bond donors (Lipinski definition) is 0. The lowest BCUT2D eigenvalue weighted by molar-refractivity contribution is 0.419. The number of para-hydroxylation sites is 1. The van der Waals surface area contributed by atoms with Crippen molar-refractivity contribution in [2.24, 2.45) is 0 Å². The quantitative estimate of drug-likeness (QED) is 0.693. The van der Waals surface area contributed by atoms with Gasteiger partial charge in [0.05, 0.1) is 30.1 Å². The van der Waals surface area contributed by atoms with Crippen LogP contribution in [0, 0.1) is 11.3 Å². The van der Waals surface area contributed by atoms with E-state index in [2.05, 4.69) is 11.1 Å². The molecule has 0 N–H and O–H groups in total. The zero-order valence-electron chi connectivity index (χ0n) is 11.4. The largest absolute Gasteiger partial charge is 0.494 e. The first-order valence-corrected chi connectivity index (χ1v) is 6.92. The summed E-state index contributed by atoms with van der Waals surface area (Å²) in [5.41, 5.74) is 3.24. The van der Waals surface area contributed by atoms with Crippen molar-refractivity contribution in [1.82, 2.24) is 9.55 Å². The maximum Gasteiger partial charge on any atom is 0.146 e. The Morgan fingerprint density at radius 2 is 2.00 bits per heavy atom. The van der Waals surface area contributed by atoms with Gasteiger partial charge in [0, 0.05) is 5.69 Å². The lowest BCUT2D eigenvalue weighted by atomic mass is 10.2. The zero-order valence-corrected chi connectivity index (χ0v) is 12.1. The summed E-state index contributed by atoms with van der Waals surface area (Å²) in [5, 5.41) is 8.89. The van der Waals surface area contributed by atoms with Crippen molar-refractivity contribution < 1.29 is 4.74 Å². The van der Waals surface area contributed by atoms with Gasteiger partial charge in [0.2, 0.25) is 0 Å². The predicted octanol–water partition coefficient (Wildman–Crippen LogP) is 3.64. The highest BCUT2D eigenvalue weighted by molar-refractivity contribution is 6.17. The van der Waals surface area contributed by atoms with Crippen molar-refractivity contribution in [3.63, 3.8) is 0 Å². The summed E-state index contributed by atoms with van der Waals surface area (Å²) < 4.78 is 7.33. The van der Waals surface area contributed by atoms with Gasteiger partial charge in [-0.25, -0.2) is 4.98 Å². The Hall–Kier alpha value is -2.51. The Morgan fingerprint density at radius 1 is 1.24 bits per heavy atom. The van der Waals surface area contributed by atoms with Crippen molar-refractivity contribution in [1.29, 1.82) is 5.26 Å². The first kappa shape index (κ1) is 13.5. The topological polar surface area (TPSA) is 50.8 Å². The molecule has 21 heavy (non-hydrogen) atoms. The Labute approximate surface area is 127 Å². The van der Waals surface area contributed by atoms with Crippen LogP contribution in [0.1, 0.15) is 11.4 Å². The molecule has 0 saturated carbocycles. The van der Waals surface area contributed by atoms with Crippen molar-refractivity contribution >= 4 is 22.6 Å². The number of benzene rings is 2. The molecule has 1 aromatic heterocycles. The van der Waals surface area contributed by atoms with Crippen molar-refractivity contribution in [3.05, 3.63) is 53.9 Å². The van der Waals surface area contributed by atoms with E-state index in [1.54, 1.807) is 19.2 Å². The van der Waals surface area contributed by atoms with E-state index in [1.807, 2.05) is 34.9 Å². The van der Waals surface area contributed by atoms with Crippen LogP contribution >= 0.6 is 11.6 Å². The summed E-state index contributed by atoms with van der Waals surface area (Å²) in [7, 11) is 1.62. The highest BCUT2D eigenvalue weighted by atomic mass is 35.5. The van der Waals surface area contributed by atoms with E-state index in [9.17, 15) is 0 Å². The van der Waals surface area contributed by atoms with E-state index in [0.717, 1.165) is 22.5 Å². The van der Waals surface area contributed by atoms with Crippen LogP contribution in [-0.4, -0.2) is 16.7 Å². The molecule has 0 unspecified atom stereocenters. The van der Waals surface area contributed by atoms with E-state index in [0.29, 0.717) is 11.3 Å². The first-order valence-electron chi connectivity index (χ1n) is 6.39. The number of halogens is 1. The van der Waals surface area contributed by atoms with Crippen molar-refractivity contribution in [3.8, 4) is 17.5 Å². The average molecular weight is 298 g/mol. The number of rotatable bonds is 3. The van der Waals surface area contributed by atoms with Crippen LogP contribution in [0.3, 0.4) is 0 Å². The van der Waals surface area contributed by atoms with Crippen LogP contribution in [0.4, 0.5) is 0 Å². The molecule has 3 aromatic rings. The van der Waals surface area contributed by atoms with Crippen LogP contribution in [0.25, 0.3) is 16.7 Å². The number of methoxy groups -OCH3 is 1. The summed E-state index contributed by atoms with van der Waals surface area (Å²) in [6, 6.07) is 15.2. The molecule has 2 aromatic carbocycles. The van der Waals surface area contributed by atoms with Gasteiger partial charge in [0.15, 0.2) is 0 Å². The first-order chi connectivity index (χ1) is 10.3. The molecule has 1 heterocycles. The molecule has 0 aliphatic rings. The zero-order chi connectivity index (χ0) is 14.8. The van der Waals surface area contributed by atoms with Gasteiger partial charge in [0.25, 0.3) is 0 Å². The number of nitriles is 1. The van der Waals surface area contributed by atoms with Gasteiger partial charge in [-0.2, -0.15) is 5.26 Å². The number of alkyl halides is 1. The van der Waals surface area contributed by atoms with Gasteiger partial charge in [-0.15, -0.1) is 11.6 Å². The summed E-state index contributed by atoms with van der Waals surface area (Å²) in [6.07, 6.45) is 0. The van der Waals surface area contributed by atoms with Crippen molar-refractivity contribution in [2.75, 3.05) is 7.11 Å². The van der Waals surface area contributed by atoms with Gasteiger partial charge >= 0.3 is 0 Å². The molecule has 104 valence electrons. The van der Waals surface area contributed by atoms with Crippen LogP contribution in [0.5, 0.6) is 5.75 Å². The fraction of sp³-hybridized carbons (Fsp3) is 0.125. The number of ether oxygens (including phenoxy) is 1. The van der Waals surface area contributed by atoms with E-state index in [-0.39, 0.29) is 5.88 Å². The normalized spacial score (nSPS) is 10.5. The number of imidazole rings is 1. The Morgan fingerprint density at radius 3 is 2.62 bits per heavy atom. The third-order valence-corrected chi connectivity index (χ3v) is 3.55. The molecule has 4 nitrogen and oxygen atoms in total. The highest BCUT2D eigenvalue weighted by Gasteiger charge is 2.14. The van der Waals surface area contributed by atoms with Gasteiger partial charge in [0.1, 0.15) is 17.1 Å². The molecule has 3 rings (SSSR count). The van der Waals surface area contributed by atoms with E-state index < -0.39 is 0 Å². The second-order valence-corrected chi connectivity index (χ2v) is 4.75. The third kappa shape index (κ3) is 2.22. The van der Waals surface area contributed by atoms with E-state index in [1.165, 1.54) is 0 Å². The van der Waals surface area contributed by atoms with Crippen LogP contribution in [0.15, 0.2) is 42.5 Å². The lowest BCUT2D eigenvalue weighted by Crippen LogP contribution is -1.99. The maximum atomic E-state index is 8.89. The summed E-state index contributed by atoms with van der Waals surface area (Å²) in [6.45, 7) is 0. The molecular formula is C16H12ClN3O. The standard InChI is InChI=1S/C16H12ClN3O/c1-21-14-4-2-3-13-16(14)19-15(9-17)20(13)12-7-5-11(10-18)6-8-12/h2-8H,9H2,1H3. The molecule has 0 fully saturated rings. The minimum Gasteiger partial charge on any atom is -0.494 e. The molecule has 0 bridgehead atoms. The second-order valence-electron chi connectivity index (χ2n) is 4.48.